The molecule has 2 rings (SSSR count). The van der Waals surface area contributed by atoms with E-state index in [1.54, 1.807) is 6.07 Å². The highest BCUT2D eigenvalue weighted by atomic mass is 32.2. The van der Waals surface area contributed by atoms with Crippen LogP contribution in [-0.2, 0) is 20.0 Å². The van der Waals surface area contributed by atoms with Crippen molar-refractivity contribution >= 4 is 37.3 Å². The standard InChI is InChI=1S/C12H10O5S2.Al/c13-18(14,10-6-2-1-3-7-10)11-8-4-5-9-12(11)19(15,16)17;/h1-9H,(H,15,16,17);. The number of hydrogen-bond donors (Lipinski definition) is 1. The molecule has 3 radical (unpaired) electrons. The van der Waals surface area contributed by atoms with Crippen molar-refractivity contribution < 1.29 is 21.4 Å². The van der Waals surface area contributed by atoms with Crippen molar-refractivity contribution in [1.82, 2.24) is 0 Å². The van der Waals surface area contributed by atoms with Crippen LogP contribution in [-0.4, -0.2) is 38.7 Å². The highest BCUT2D eigenvalue weighted by molar-refractivity contribution is 7.92. The lowest BCUT2D eigenvalue weighted by molar-refractivity contribution is 0.480. The van der Waals surface area contributed by atoms with Crippen LogP contribution in [0.1, 0.15) is 0 Å². The summed E-state index contributed by atoms with van der Waals surface area (Å²) in [5.41, 5.74) is 0. The summed E-state index contributed by atoms with van der Waals surface area (Å²) in [5.74, 6) is 0. The molecule has 8 heteroatoms. The molecule has 0 amide bonds. The zero-order valence-electron chi connectivity index (χ0n) is 10.2. The van der Waals surface area contributed by atoms with Crippen molar-refractivity contribution in [3.8, 4) is 0 Å². The summed E-state index contributed by atoms with van der Waals surface area (Å²) < 4.78 is 56.2. The zero-order chi connectivity index (χ0) is 14.1. The van der Waals surface area contributed by atoms with E-state index in [-0.39, 0.29) is 22.3 Å². The van der Waals surface area contributed by atoms with E-state index in [1.165, 1.54) is 36.4 Å². The van der Waals surface area contributed by atoms with E-state index in [2.05, 4.69) is 0 Å². The maximum Gasteiger partial charge on any atom is 0.295 e. The van der Waals surface area contributed by atoms with Gasteiger partial charge in [-0.3, -0.25) is 4.55 Å². The number of benzene rings is 2. The minimum Gasteiger partial charge on any atom is -0.282 e. The van der Waals surface area contributed by atoms with Crippen LogP contribution in [0.3, 0.4) is 0 Å². The van der Waals surface area contributed by atoms with Gasteiger partial charge in [-0.2, -0.15) is 8.42 Å². The molecule has 0 fully saturated rings. The first-order valence-corrected chi connectivity index (χ1v) is 8.12. The number of rotatable bonds is 3. The summed E-state index contributed by atoms with van der Waals surface area (Å²) >= 11 is 0. The lowest BCUT2D eigenvalue weighted by Crippen LogP contribution is -2.09. The summed E-state index contributed by atoms with van der Waals surface area (Å²) in [5, 5.41) is 0. The monoisotopic (exact) mass is 325 g/mol. The molecule has 0 heterocycles. The van der Waals surface area contributed by atoms with E-state index in [0.717, 1.165) is 12.1 Å². The molecule has 0 aliphatic rings. The molecule has 5 nitrogen and oxygen atoms in total. The van der Waals surface area contributed by atoms with Crippen LogP contribution >= 0.6 is 0 Å². The Hall–Kier alpha value is -1.17. The van der Waals surface area contributed by atoms with Gasteiger partial charge in [-0.1, -0.05) is 30.3 Å². The van der Waals surface area contributed by atoms with Gasteiger partial charge in [0, 0.05) is 17.4 Å². The minimum absolute atomic E-state index is 0. The molecule has 0 bridgehead atoms. The van der Waals surface area contributed by atoms with Gasteiger partial charge >= 0.3 is 0 Å². The molecule has 1 N–H and O–H groups in total. The van der Waals surface area contributed by atoms with E-state index in [0.29, 0.717) is 0 Å². The average Bonchev–Trinajstić information content (AvgIpc) is 2.39. The lowest BCUT2D eigenvalue weighted by Gasteiger charge is -2.08. The van der Waals surface area contributed by atoms with Gasteiger partial charge in [-0.25, -0.2) is 8.42 Å². The van der Waals surface area contributed by atoms with Gasteiger partial charge < -0.3 is 0 Å². The molecule has 0 aliphatic heterocycles. The first-order valence-electron chi connectivity index (χ1n) is 5.20. The fraction of sp³-hybridized carbons (Fsp3) is 0. The highest BCUT2D eigenvalue weighted by Gasteiger charge is 2.26. The smallest absolute Gasteiger partial charge is 0.282 e. The molecular weight excluding hydrogens is 315 g/mol. The molecule has 0 saturated carbocycles. The minimum atomic E-state index is -4.60. The van der Waals surface area contributed by atoms with E-state index < -0.39 is 29.7 Å². The van der Waals surface area contributed by atoms with Crippen LogP contribution in [0, 0.1) is 0 Å². The Balaban J connectivity index is 0.00000200. The fourth-order valence-corrected chi connectivity index (χ4v) is 4.19. The lowest BCUT2D eigenvalue weighted by atomic mass is 10.4. The van der Waals surface area contributed by atoms with E-state index in [9.17, 15) is 16.8 Å². The van der Waals surface area contributed by atoms with Crippen LogP contribution in [0.4, 0.5) is 0 Å². The van der Waals surface area contributed by atoms with Crippen molar-refractivity contribution in [2.75, 3.05) is 0 Å². The third-order valence-corrected chi connectivity index (χ3v) is 5.34. The van der Waals surface area contributed by atoms with Crippen LogP contribution in [0.2, 0.25) is 0 Å². The summed E-state index contributed by atoms with van der Waals surface area (Å²) in [7, 11) is -8.60. The Morgan fingerprint density at radius 1 is 0.700 bits per heavy atom. The van der Waals surface area contributed by atoms with Gasteiger partial charge in [0.15, 0.2) is 0 Å². The van der Waals surface area contributed by atoms with E-state index in [1.807, 2.05) is 0 Å². The number of hydrogen-bond acceptors (Lipinski definition) is 4. The Labute approximate surface area is 128 Å². The van der Waals surface area contributed by atoms with Gasteiger partial charge in [0.2, 0.25) is 9.84 Å². The Bertz CT molecular complexity index is 799. The van der Waals surface area contributed by atoms with Crippen molar-refractivity contribution in [2.45, 2.75) is 14.7 Å². The molecule has 2 aromatic rings. The fourth-order valence-electron chi connectivity index (χ4n) is 1.61. The zero-order valence-corrected chi connectivity index (χ0v) is 13.0. The van der Waals surface area contributed by atoms with Crippen LogP contribution in [0.5, 0.6) is 0 Å². The molecule has 0 aromatic heterocycles. The average molecular weight is 325 g/mol. The predicted molar refractivity (Wildman–Crippen MR) is 73.9 cm³/mol. The van der Waals surface area contributed by atoms with Gasteiger partial charge in [-0.15, -0.1) is 0 Å². The third kappa shape index (κ3) is 3.29. The van der Waals surface area contributed by atoms with Crippen molar-refractivity contribution in [2.24, 2.45) is 0 Å². The summed E-state index contributed by atoms with van der Waals surface area (Å²) in [4.78, 5) is -1.10. The predicted octanol–water partition coefficient (Wildman–Crippen LogP) is 1.39. The Morgan fingerprint density at radius 3 is 1.65 bits per heavy atom. The summed E-state index contributed by atoms with van der Waals surface area (Å²) in [6.07, 6.45) is 0. The van der Waals surface area contributed by atoms with Gasteiger partial charge in [-0.05, 0) is 24.3 Å². The van der Waals surface area contributed by atoms with Crippen LogP contribution in [0.15, 0.2) is 69.3 Å². The molecule has 0 saturated heterocycles. The van der Waals surface area contributed by atoms with Gasteiger partial charge in [0.05, 0.1) is 9.79 Å². The SMILES string of the molecule is O=S(=O)(O)c1ccccc1S(=O)(=O)c1ccccc1.[Al]. The maximum atomic E-state index is 12.3. The molecule has 0 spiro atoms. The molecule has 0 aliphatic carbocycles. The van der Waals surface area contributed by atoms with E-state index in [4.69, 9.17) is 4.55 Å². The second kappa shape index (κ2) is 6.08. The number of sulfone groups is 1. The highest BCUT2D eigenvalue weighted by Crippen LogP contribution is 2.26. The third-order valence-electron chi connectivity index (χ3n) is 2.47. The maximum absolute atomic E-state index is 12.3. The molecule has 103 valence electrons. The van der Waals surface area contributed by atoms with Crippen LogP contribution < -0.4 is 0 Å². The first-order chi connectivity index (χ1) is 8.83. The molecule has 2 aromatic carbocycles. The summed E-state index contributed by atoms with van der Waals surface area (Å²) in [6, 6.07) is 12.3. The molecule has 0 unspecified atom stereocenters. The van der Waals surface area contributed by atoms with E-state index >= 15 is 0 Å². The Morgan fingerprint density at radius 2 is 1.15 bits per heavy atom. The Kier molecular flexibility index (Phi) is 5.13. The van der Waals surface area contributed by atoms with Gasteiger partial charge in [0.1, 0.15) is 4.90 Å². The molecule has 20 heavy (non-hydrogen) atoms. The first kappa shape index (κ1) is 16.9. The van der Waals surface area contributed by atoms with Crippen molar-refractivity contribution in [3.63, 3.8) is 0 Å². The van der Waals surface area contributed by atoms with Gasteiger partial charge in [0.25, 0.3) is 10.1 Å². The topological polar surface area (TPSA) is 88.5 Å². The molecule has 0 atom stereocenters. The van der Waals surface area contributed by atoms with Crippen LogP contribution in [0.25, 0.3) is 0 Å². The second-order valence-electron chi connectivity index (χ2n) is 3.74. The largest absolute Gasteiger partial charge is 0.295 e. The molecular formula is C12H10AlO5S2. The second-order valence-corrected chi connectivity index (χ2v) is 7.05. The van der Waals surface area contributed by atoms with Crippen molar-refractivity contribution in [3.05, 3.63) is 54.6 Å². The summed E-state index contributed by atoms with van der Waals surface area (Å²) in [6.45, 7) is 0. The normalized spacial score (nSPS) is 11.7. The quantitative estimate of drug-likeness (QED) is 0.680. The van der Waals surface area contributed by atoms with Crippen molar-refractivity contribution in [1.29, 1.82) is 0 Å².